The summed E-state index contributed by atoms with van der Waals surface area (Å²) >= 11 is 3.62. The summed E-state index contributed by atoms with van der Waals surface area (Å²) in [4.78, 5) is 0. The molecule has 1 unspecified atom stereocenters. The molecule has 1 atom stereocenters. The normalized spacial score (nSPS) is 12.3. The Bertz CT molecular complexity index is 450. The van der Waals surface area contributed by atoms with E-state index in [4.69, 9.17) is 4.74 Å². The van der Waals surface area contributed by atoms with Gasteiger partial charge in [-0.05, 0) is 55.9 Å². The molecule has 1 N–H and O–H groups in total. The van der Waals surface area contributed by atoms with Crippen LogP contribution in [0.15, 0.2) is 22.7 Å². The van der Waals surface area contributed by atoms with Crippen LogP contribution >= 0.6 is 15.9 Å². The maximum absolute atomic E-state index is 6.09. The third-order valence-electron chi connectivity index (χ3n) is 4.53. The predicted octanol–water partition coefficient (Wildman–Crippen LogP) is 7.71. The monoisotopic (exact) mass is 411 g/mol. The number of hydrogen-bond acceptors (Lipinski definition) is 2. The van der Waals surface area contributed by atoms with Crippen LogP contribution in [0.4, 0.5) is 5.69 Å². The lowest BCUT2D eigenvalue weighted by atomic mass is 10.0. The zero-order chi connectivity index (χ0) is 18.3. The van der Waals surface area contributed by atoms with Gasteiger partial charge in [0, 0.05) is 16.8 Å². The third-order valence-corrected chi connectivity index (χ3v) is 5.02. The van der Waals surface area contributed by atoms with Gasteiger partial charge >= 0.3 is 0 Å². The summed E-state index contributed by atoms with van der Waals surface area (Å²) in [6, 6.07) is 6.59. The number of anilines is 1. The first-order chi connectivity index (χ1) is 12.2. The molecule has 144 valence electrons. The Morgan fingerprint density at radius 3 is 2.36 bits per heavy atom. The molecule has 0 aliphatic rings. The van der Waals surface area contributed by atoms with Gasteiger partial charge in [-0.3, -0.25) is 0 Å². The van der Waals surface area contributed by atoms with Crippen molar-refractivity contribution in [2.75, 3.05) is 11.9 Å². The highest BCUT2D eigenvalue weighted by Crippen LogP contribution is 2.25. The second kappa shape index (κ2) is 14.6. The van der Waals surface area contributed by atoms with Crippen LogP contribution in [0, 0.1) is 0 Å². The highest BCUT2D eigenvalue weighted by Gasteiger charge is 2.11. The molecule has 1 aromatic rings. The van der Waals surface area contributed by atoms with E-state index < -0.39 is 0 Å². The van der Waals surface area contributed by atoms with Crippen molar-refractivity contribution in [1.82, 2.24) is 0 Å². The van der Waals surface area contributed by atoms with E-state index in [0.717, 1.165) is 30.3 Å². The number of aryl methyl sites for hydroxylation is 1. The molecule has 0 bridgehead atoms. The quantitative estimate of drug-likeness (QED) is 0.235. The van der Waals surface area contributed by atoms with Gasteiger partial charge in [-0.2, -0.15) is 0 Å². The van der Waals surface area contributed by atoms with Crippen molar-refractivity contribution in [3.05, 3.63) is 28.2 Å². The number of hydrogen-bond donors (Lipinski definition) is 1. The van der Waals surface area contributed by atoms with E-state index in [9.17, 15) is 0 Å². The second-order valence-corrected chi connectivity index (χ2v) is 7.88. The molecular formula is C22H38BrNO. The second-order valence-electron chi connectivity index (χ2n) is 6.97. The summed E-state index contributed by atoms with van der Waals surface area (Å²) in [7, 11) is 0. The van der Waals surface area contributed by atoms with Crippen LogP contribution in [0.5, 0.6) is 0 Å². The summed E-state index contributed by atoms with van der Waals surface area (Å²) in [5.41, 5.74) is 2.65. The molecule has 1 rings (SSSR count). The highest BCUT2D eigenvalue weighted by molar-refractivity contribution is 9.10. The van der Waals surface area contributed by atoms with E-state index in [-0.39, 0.29) is 6.23 Å². The minimum atomic E-state index is 0.132. The molecule has 1 aromatic carbocycles. The molecule has 25 heavy (non-hydrogen) atoms. The van der Waals surface area contributed by atoms with Crippen LogP contribution in [-0.2, 0) is 11.2 Å². The number of rotatable bonds is 15. The van der Waals surface area contributed by atoms with Crippen LogP contribution < -0.4 is 5.32 Å². The minimum absolute atomic E-state index is 0.132. The average molecular weight is 412 g/mol. The molecule has 0 spiro atoms. The fourth-order valence-electron chi connectivity index (χ4n) is 3.04. The Labute approximate surface area is 164 Å². The SMILES string of the molecule is CCCCCCCC(Nc1ccc(Br)cc1CCCCC)OCCC. The van der Waals surface area contributed by atoms with Crippen molar-refractivity contribution in [3.8, 4) is 0 Å². The van der Waals surface area contributed by atoms with Crippen LogP contribution in [0.1, 0.15) is 90.5 Å². The fourth-order valence-corrected chi connectivity index (χ4v) is 3.45. The van der Waals surface area contributed by atoms with Crippen LogP contribution in [-0.4, -0.2) is 12.8 Å². The van der Waals surface area contributed by atoms with Crippen molar-refractivity contribution in [2.45, 2.75) is 97.6 Å². The lowest BCUT2D eigenvalue weighted by Crippen LogP contribution is -2.24. The maximum atomic E-state index is 6.09. The fraction of sp³-hybridized carbons (Fsp3) is 0.727. The van der Waals surface area contributed by atoms with Crippen molar-refractivity contribution in [2.24, 2.45) is 0 Å². The number of unbranched alkanes of at least 4 members (excludes halogenated alkanes) is 6. The molecule has 0 saturated carbocycles. The summed E-state index contributed by atoms with van der Waals surface area (Å²) in [5, 5.41) is 3.68. The Balaban J connectivity index is 2.63. The van der Waals surface area contributed by atoms with Crippen molar-refractivity contribution in [1.29, 1.82) is 0 Å². The van der Waals surface area contributed by atoms with Gasteiger partial charge in [0.15, 0.2) is 0 Å². The topological polar surface area (TPSA) is 21.3 Å². The Kier molecular flexibility index (Phi) is 13.2. The van der Waals surface area contributed by atoms with Crippen molar-refractivity contribution in [3.63, 3.8) is 0 Å². The van der Waals surface area contributed by atoms with E-state index in [1.807, 2.05) is 0 Å². The van der Waals surface area contributed by atoms with E-state index in [1.165, 1.54) is 62.6 Å². The standard InChI is InChI=1S/C22H38BrNO/c1-4-7-9-10-12-14-22(25-17-6-3)24-21-16-15-20(23)18-19(21)13-11-8-5-2/h15-16,18,22,24H,4-14,17H2,1-3H3. The van der Waals surface area contributed by atoms with Gasteiger partial charge in [0.05, 0.1) is 0 Å². The molecule has 0 amide bonds. The Morgan fingerprint density at radius 1 is 0.920 bits per heavy atom. The molecule has 3 heteroatoms. The van der Waals surface area contributed by atoms with Crippen LogP contribution in [0.25, 0.3) is 0 Å². The van der Waals surface area contributed by atoms with E-state index >= 15 is 0 Å². The van der Waals surface area contributed by atoms with E-state index in [0.29, 0.717) is 0 Å². The highest BCUT2D eigenvalue weighted by atomic mass is 79.9. The Hall–Kier alpha value is -0.540. The van der Waals surface area contributed by atoms with Crippen LogP contribution in [0.3, 0.4) is 0 Å². The molecular weight excluding hydrogens is 374 g/mol. The number of halogens is 1. The predicted molar refractivity (Wildman–Crippen MR) is 114 cm³/mol. The summed E-state index contributed by atoms with van der Waals surface area (Å²) in [6.45, 7) is 7.53. The minimum Gasteiger partial charge on any atom is -0.360 e. The number of benzene rings is 1. The lowest BCUT2D eigenvalue weighted by molar-refractivity contribution is 0.0650. The van der Waals surface area contributed by atoms with Gasteiger partial charge in [0.25, 0.3) is 0 Å². The smallest absolute Gasteiger partial charge is 0.127 e. The van der Waals surface area contributed by atoms with Crippen molar-refractivity contribution < 1.29 is 4.74 Å². The molecule has 0 aliphatic carbocycles. The average Bonchev–Trinajstić information content (AvgIpc) is 2.61. The van der Waals surface area contributed by atoms with Gasteiger partial charge in [-0.1, -0.05) is 75.2 Å². The maximum Gasteiger partial charge on any atom is 0.127 e. The van der Waals surface area contributed by atoms with Gasteiger partial charge < -0.3 is 10.1 Å². The molecule has 0 aliphatic heterocycles. The third kappa shape index (κ3) is 10.3. The van der Waals surface area contributed by atoms with Gasteiger partial charge in [0.2, 0.25) is 0 Å². The van der Waals surface area contributed by atoms with E-state index in [1.54, 1.807) is 0 Å². The summed E-state index contributed by atoms with van der Waals surface area (Å²) in [5.74, 6) is 0. The molecule has 0 aromatic heterocycles. The molecule has 0 radical (unpaired) electrons. The molecule has 0 fully saturated rings. The van der Waals surface area contributed by atoms with Gasteiger partial charge in [-0.25, -0.2) is 0 Å². The summed E-state index contributed by atoms with van der Waals surface area (Å²) < 4.78 is 7.25. The first-order valence-corrected chi connectivity index (χ1v) is 11.2. The molecule has 0 saturated heterocycles. The molecule has 0 heterocycles. The van der Waals surface area contributed by atoms with Crippen molar-refractivity contribution >= 4 is 21.6 Å². The van der Waals surface area contributed by atoms with Gasteiger partial charge in [-0.15, -0.1) is 0 Å². The zero-order valence-electron chi connectivity index (χ0n) is 16.6. The lowest BCUT2D eigenvalue weighted by Gasteiger charge is -2.22. The summed E-state index contributed by atoms with van der Waals surface area (Å²) in [6.07, 6.45) is 13.8. The largest absolute Gasteiger partial charge is 0.360 e. The Morgan fingerprint density at radius 2 is 1.64 bits per heavy atom. The zero-order valence-corrected chi connectivity index (χ0v) is 18.2. The first kappa shape index (κ1) is 22.5. The number of ether oxygens (including phenoxy) is 1. The first-order valence-electron chi connectivity index (χ1n) is 10.4. The van der Waals surface area contributed by atoms with Gasteiger partial charge in [0.1, 0.15) is 6.23 Å². The molecule has 2 nitrogen and oxygen atoms in total. The van der Waals surface area contributed by atoms with E-state index in [2.05, 4.69) is 60.2 Å². The number of nitrogens with one attached hydrogen (secondary N) is 1. The van der Waals surface area contributed by atoms with Crippen LogP contribution in [0.2, 0.25) is 0 Å².